The quantitative estimate of drug-likeness (QED) is 0.320. The van der Waals surface area contributed by atoms with E-state index in [1.165, 1.54) is 11.3 Å². The molecule has 0 aliphatic heterocycles. The molecule has 2 aromatic heterocycles. The number of hydrogen-bond donors (Lipinski definition) is 4. The second-order valence-corrected chi connectivity index (χ2v) is 9.80. The molecule has 0 fully saturated rings. The van der Waals surface area contributed by atoms with E-state index in [0.29, 0.717) is 23.4 Å². The summed E-state index contributed by atoms with van der Waals surface area (Å²) in [5.41, 5.74) is 10.6. The molecule has 9 heteroatoms. The largest absolute Gasteiger partial charge is 0.488 e. The molecule has 7 nitrogen and oxygen atoms in total. The Morgan fingerprint density at radius 3 is 2.74 bits per heavy atom. The SMILES string of the molecule is Cc1sc2c(C(N)=O)cccc2c1-c1nc2c(c(NCc3cccc(B(O)O)c3)n1)CCCC2. The summed E-state index contributed by atoms with van der Waals surface area (Å²) in [5.74, 6) is 1.01. The molecule has 0 unspecified atom stereocenters. The van der Waals surface area contributed by atoms with Crippen molar-refractivity contribution in [2.75, 3.05) is 5.32 Å². The average Bonchev–Trinajstić information content (AvgIpc) is 3.18. The third kappa shape index (κ3) is 4.18. The highest BCUT2D eigenvalue weighted by atomic mass is 32.1. The Kier molecular flexibility index (Phi) is 6.08. The van der Waals surface area contributed by atoms with Crippen LogP contribution in [0, 0.1) is 6.92 Å². The number of thiophene rings is 1. The van der Waals surface area contributed by atoms with Gasteiger partial charge in [0.15, 0.2) is 5.82 Å². The zero-order valence-electron chi connectivity index (χ0n) is 18.8. The molecule has 5 rings (SSSR count). The first-order valence-electron chi connectivity index (χ1n) is 11.3. The van der Waals surface area contributed by atoms with Gasteiger partial charge in [-0.1, -0.05) is 36.4 Å². The van der Waals surface area contributed by atoms with Crippen molar-refractivity contribution < 1.29 is 14.8 Å². The highest BCUT2D eigenvalue weighted by molar-refractivity contribution is 7.20. The molecule has 2 heterocycles. The van der Waals surface area contributed by atoms with Crippen molar-refractivity contribution in [1.82, 2.24) is 9.97 Å². The normalized spacial score (nSPS) is 13.0. The molecule has 0 atom stereocenters. The van der Waals surface area contributed by atoms with E-state index in [1.54, 1.807) is 18.2 Å². The van der Waals surface area contributed by atoms with Crippen molar-refractivity contribution in [2.24, 2.45) is 5.73 Å². The summed E-state index contributed by atoms with van der Waals surface area (Å²) in [4.78, 5) is 22.9. The van der Waals surface area contributed by atoms with Crippen LogP contribution in [0.3, 0.4) is 0 Å². The number of hydrogen-bond acceptors (Lipinski definition) is 7. The molecule has 5 N–H and O–H groups in total. The fourth-order valence-corrected chi connectivity index (χ4v) is 5.78. The van der Waals surface area contributed by atoms with Gasteiger partial charge < -0.3 is 21.1 Å². The van der Waals surface area contributed by atoms with E-state index >= 15 is 0 Å². The number of primary amides is 1. The van der Waals surface area contributed by atoms with E-state index in [0.717, 1.165) is 68.8 Å². The summed E-state index contributed by atoms with van der Waals surface area (Å²) in [6, 6.07) is 12.8. The molecule has 0 radical (unpaired) electrons. The van der Waals surface area contributed by atoms with Crippen LogP contribution in [0.5, 0.6) is 0 Å². The lowest BCUT2D eigenvalue weighted by Gasteiger charge is -2.20. The van der Waals surface area contributed by atoms with Crippen LogP contribution >= 0.6 is 11.3 Å². The number of nitrogens with two attached hydrogens (primary N) is 1. The molecule has 0 saturated heterocycles. The number of aromatic nitrogens is 2. The van der Waals surface area contributed by atoms with Gasteiger partial charge in [0.1, 0.15) is 5.82 Å². The number of amides is 1. The lowest BCUT2D eigenvalue weighted by atomic mass is 9.79. The van der Waals surface area contributed by atoms with Gasteiger partial charge in [0.25, 0.3) is 0 Å². The van der Waals surface area contributed by atoms with Crippen LogP contribution in [-0.4, -0.2) is 33.0 Å². The monoisotopic (exact) mass is 472 g/mol. The van der Waals surface area contributed by atoms with Crippen LogP contribution in [0.2, 0.25) is 0 Å². The van der Waals surface area contributed by atoms with Crippen molar-refractivity contribution >= 4 is 45.7 Å². The van der Waals surface area contributed by atoms with Gasteiger partial charge in [0.05, 0.1) is 5.56 Å². The van der Waals surface area contributed by atoms with E-state index in [2.05, 4.69) is 5.32 Å². The summed E-state index contributed by atoms with van der Waals surface area (Å²) in [6.45, 7) is 2.52. The van der Waals surface area contributed by atoms with Crippen molar-refractivity contribution in [2.45, 2.75) is 39.2 Å². The first-order valence-corrected chi connectivity index (χ1v) is 12.1. The van der Waals surface area contributed by atoms with Gasteiger partial charge in [-0.2, -0.15) is 0 Å². The van der Waals surface area contributed by atoms with Gasteiger partial charge in [-0.05, 0) is 49.7 Å². The van der Waals surface area contributed by atoms with Crippen molar-refractivity contribution in [1.29, 1.82) is 0 Å². The van der Waals surface area contributed by atoms with Crippen LogP contribution in [0.15, 0.2) is 42.5 Å². The van der Waals surface area contributed by atoms with E-state index in [4.69, 9.17) is 15.7 Å². The number of carbonyl (C=O) groups is 1. The van der Waals surface area contributed by atoms with Crippen LogP contribution in [-0.2, 0) is 19.4 Å². The molecule has 1 aliphatic carbocycles. The average molecular weight is 472 g/mol. The van der Waals surface area contributed by atoms with Gasteiger partial charge in [-0.15, -0.1) is 11.3 Å². The maximum absolute atomic E-state index is 12.0. The molecule has 0 spiro atoms. The van der Waals surface area contributed by atoms with Crippen molar-refractivity contribution in [3.8, 4) is 11.4 Å². The number of nitrogens with one attached hydrogen (secondary N) is 1. The van der Waals surface area contributed by atoms with Crippen LogP contribution < -0.4 is 16.5 Å². The zero-order valence-corrected chi connectivity index (χ0v) is 19.7. The summed E-state index contributed by atoms with van der Waals surface area (Å²) in [7, 11) is -1.50. The Morgan fingerprint density at radius 2 is 1.94 bits per heavy atom. The molecule has 172 valence electrons. The second kappa shape index (κ2) is 9.17. The lowest BCUT2D eigenvalue weighted by molar-refractivity contribution is 0.100. The second-order valence-electron chi connectivity index (χ2n) is 8.58. The molecule has 34 heavy (non-hydrogen) atoms. The number of anilines is 1. The Morgan fingerprint density at radius 1 is 1.15 bits per heavy atom. The topological polar surface area (TPSA) is 121 Å². The van der Waals surface area contributed by atoms with Crippen LogP contribution in [0.25, 0.3) is 21.5 Å². The van der Waals surface area contributed by atoms with Crippen LogP contribution in [0.4, 0.5) is 5.82 Å². The predicted molar refractivity (Wildman–Crippen MR) is 136 cm³/mol. The van der Waals surface area contributed by atoms with E-state index in [-0.39, 0.29) is 0 Å². The number of benzene rings is 2. The molecular formula is C25H25BN4O3S. The van der Waals surface area contributed by atoms with Crippen molar-refractivity contribution in [3.63, 3.8) is 0 Å². The standard InChI is InChI=1S/C25H25BN4O3S/c1-14-21(18-9-5-10-19(23(27)31)22(18)34-14)25-29-20-11-3-2-8-17(20)24(30-25)28-13-15-6-4-7-16(12-15)26(32)33/h4-7,9-10,12,32-33H,2-3,8,11,13H2,1H3,(H2,27,31)(H,28,29,30). The Balaban J connectivity index is 1.57. The number of nitrogens with zero attached hydrogens (tertiary/aromatic N) is 2. The molecular weight excluding hydrogens is 447 g/mol. The zero-order chi connectivity index (χ0) is 23.8. The minimum atomic E-state index is -1.50. The molecule has 2 aromatic carbocycles. The van der Waals surface area contributed by atoms with E-state index in [9.17, 15) is 14.8 Å². The van der Waals surface area contributed by atoms with E-state index in [1.807, 2.05) is 31.2 Å². The van der Waals surface area contributed by atoms with Gasteiger partial charge in [-0.3, -0.25) is 4.79 Å². The Bertz CT molecular complexity index is 1400. The maximum atomic E-state index is 12.0. The molecule has 0 bridgehead atoms. The van der Waals surface area contributed by atoms with Gasteiger partial charge in [-0.25, -0.2) is 9.97 Å². The van der Waals surface area contributed by atoms with Gasteiger partial charge >= 0.3 is 7.12 Å². The van der Waals surface area contributed by atoms with Gasteiger partial charge in [0, 0.05) is 38.3 Å². The van der Waals surface area contributed by atoms with Crippen molar-refractivity contribution in [3.05, 3.63) is 69.7 Å². The number of aryl methyl sites for hydroxylation is 2. The number of carbonyl (C=O) groups excluding carboxylic acids is 1. The van der Waals surface area contributed by atoms with Crippen LogP contribution in [0.1, 0.15) is 44.9 Å². The third-order valence-electron chi connectivity index (χ3n) is 6.27. The summed E-state index contributed by atoms with van der Waals surface area (Å²) < 4.78 is 0.859. The fourth-order valence-electron chi connectivity index (χ4n) is 4.61. The predicted octanol–water partition coefficient (Wildman–Crippen LogP) is 2.94. The first kappa shape index (κ1) is 22.5. The fraction of sp³-hybridized carbons (Fsp3) is 0.240. The summed E-state index contributed by atoms with van der Waals surface area (Å²) >= 11 is 1.54. The summed E-state index contributed by atoms with van der Waals surface area (Å²) in [6.07, 6.45) is 4.01. The molecule has 0 saturated carbocycles. The number of rotatable bonds is 6. The minimum Gasteiger partial charge on any atom is -0.423 e. The summed E-state index contributed by atoms with van der Waals surface area (Å²) in [5, 5.41) is 23.4. The Labute approximate surface area is 201 Å². The highest BCUT2D eigenvalue weighted by Gasteiger charge is 2.23. The molecule has 1 aliphatic rings. The first-order chi connectivity index (χ1) is 16.4. The lowest BCUT2D eigenvalue weighted by Crippen LogP contribution is -2.30. The molecule has 4 aromatic rings. The smallest absolute Gasteiger partial charge is 0.423 e. The molecule has 1 amide bonds. The Hall–Kier alpha value is -3.27. The number of fused-ring (bicyclic) bond motifs is 2. The highest BCUT2D eigenvalue weighted by Crippen LogP contribution is 2.40. The minimum absolute atomic E-state index is 0.442. The maximum Gasteiger partial charge on any atom is 0.488 e. The van der Waals surface area contributed by atoms with E-state index < -0.39 is 13.0 Å². The third-order valence-corrected chi connectivity index (χ3v) is 7.43. The van der Waals surface area contributed by atoms with Gasteiger partial charge in [0.2, 0.25) is 5.91 Å².